The highest BCUT2D eigenvalue weighted by atomic mass is 16.5. The molecule has 1 amide bonds. The first kappa shape index (κ1) is 17.5. The van der Waals surface area contributed by atoms with Crippen LogP contribution in [0.25, 0.3) is 0 Å². The Labute approximate surface area is 142 Å². The first-order chi connectivity index (χ1) is 11.4. The average Bonchev–Trinajstić information content (AvgIpc) is 2.55. The third-order valence-corrected chi connectivity index (χ3v) is 3.38. The van der Waals surface area contributed by atoms with Crippen LogP contribution in [0, 0.1) is 0 Å². The van der Waals surface area contributed by atoms with Gasteiger partial charge in [-0.2, -0.15) is 4.98 Å². The van der Waals surface area contributed by atoms with Crippen LogP contribution in [-0.2, 0) is 11.2 Å². The molecular formula is C17H23N5O2. The number of carbonyl (C=O) groups excluding carboxylic acids is 1. The Morgan fingerprint density at radius 2 is 1.79 bits per heavy atom. The number of ether oxygens (including phenoxy) is 1. The highest BCUT2D eigenvalue weighted by molar-refractivity contribution is 5.94. The normalized spacial score (nSPS) is 10.2. The van der Waals surface area contributed by atoms with Gasteiger partial charge in [0.15, 0.2) is 5.82 Å². The van der Waals surface area contributed by atoms with Gasteiger partial charge in [-0.05, 0) is 17.7 Å². The van der Waals surface area contributed by atoms with Crippen molar-refractivity contribution in [2.24, 2.45) is 0 Å². The minimum atomic E-state index is -0.121. The first-order valence-corrected chi connectivity index (χ1v) is 7.55. The fourth-order valence-corrected chi connectivity index (χ4v) is 2.13. The molecule has 7 heteroatoms. The van der Waals surface area contributed by atoms with Gasteiger partial charge >= 0.3 is 0 Å². The molecule has 2 aromatic rings. The first-order valence-electron chi connectivity index (χ1n) is 7.55. The van der Waals surface area contributed by atoms with Crippen LogP contribution in [0.4, 0.5) is 17.5 Å². The van der Waals surface area contributed by atoms with Gasteiger partial charge in [0.1, 0.15) is 11.4 Å². The van der Waals surface area contributed by atoms with Gasteiger partial charge in [-0.25, -0.2) is 4.98 Å². The summed E-state index contributed by atoms with van der Waals surface area (Å²) in [5.41, 5.74) is 1.50. The third kappa shape index (κ3) is 4.34. The Hall–Kier alpha value is -2.83. The second-order valence-corrected chi connectivity index (χ2v) is 5.77. The van der Waals surface area contributed by atoms with Crippen LogP contribution in [-0.4, -0.2) is 51.2 Å². The van der Waals surface area contributed by atoms with Crippen LogP contribution >= 0.6 is 0 Å². The maximum atomic E-state index is 12.3. The molecule has 0 saturated carbocycles. The molecule has 0 fully saturated rings. The second kappa shape index (κ2) is 7.63. The molecule has 128 valence electrons. The molecule has 0 bridgehead atoms. The number of nitrogens with one attached hydrogen (secondary N) is 1. The number of rotatable bonds is 6. The van der Waals surface area contributed by atoms with Crippen molar-refractivity contribution >= 4 is 23.4 Å². The number of amides is 1. The van der Waals surface area contributed by atoms with Gasteiger partial charge in [-0.3, -0.25) is 4.79 Å². The molecule has 7 nitrogen and oxygen atoms in total. The molecular weight excluding hydrogens is 306 g/mol. The number of benzene rings is 1. The minimum Gasteiger partial charge on any atom is -0.497 e. The smallest absolute Gasteiger partial charge is 0.228 e. The predicted octanol–water partition coefficient (Wildman–Crippen LogP) is 1.80. The van der Waals surface area contributed by atoms with Gasteiger partial charge in [0.25, 0.3) is 0 Å². The maximum absolute atomic E-state index is 12.3. The molecule has 0 atom stereocenters. The molecule has 1 aromatic carbocycles. The van der Waals surface area contributed by atoms with E-state index in [1.807, 2.05) is 62.3 Å². The predicted molar refractivity (Wildman–Crippen MR) is 96.0 cm³/mol. The Bertz CT molecular complexity index is 699. The molecule has 0 saturated heterocycles. The highest BCUT2D eigenvalue weighted by Gasteiger charge is 2.13. The summed E-state index contributed by atoms with van der Waals surface area (Å²) in [6, 6.07) is 7.42. The summed E-state index contributed by atoms with van der Waals surface area (Å²) in [5.74, 6) is 1.90. The summed E-state index contributed by atoms with van der Waals surface area (Å²) in [7, 11) is 9.11. The van der Waals surface area contributed by atoms with Crippen molar-refractivity contribution in [2.75, 3.05) is 50.4 Å². The minimum absolute atomic E-state index is 0.121. The SMILES string of the molecule is COc1ccc(CC(=O)Nc2cnc(N(C)C)nc2N(C)C)cc1. The molecule has 0 spiro atoms. The summed E-state index contributed by atoms with van der Waals surface area (Å²) in [6.45, 7) is 0. The summed E-state index contributed by atoms with van der Waals surface area (Å²) in [6.07, 6.45) is 1.90. The fraction of sp³-hybridized carbons (Fsp3) is 0.353. The van der Waals surface area contributed by atoms with E-state index in [9.17, 15) is 4.79 Å². The molecule has 1 N–H and O–H groups in total. The van der Waals surface area contributed by atoms with Crippen LogP contribution in [0.15, 0.2) is 30.5 Å². The number of methoxy groups -OCH3 is 1. The van der Waals surface area contributed by atoms with E-state index in [0.29, 0.717) is 17.5 Å². The van der Waals surface area contributed by atoms with E-state index in [0.717, 1.165) is 11.3 Å². The van der Waals surface area contributed by atoms with E-state index in [-0.39, 0.29) is 12.3 Å². The lowest BCUT2D eigenvalue weighted by Crippen LogP contribution is -2.21. The van der Waals surface area contributed by atoms with E-state index in [1.165, 1.54) is 0 Å². The van der Waals surface area contributed by atoms with Crippen molar-refractivity contribution < 1.29 is 9.53 Å². The van der Waals surface area contributed by atoms with Crippen molar-refractivity contribution in [1.82, 2.24) is 9.97 Å². The zero-order chi connectivity index (χ0) is 17.7. The van der Waals surface area contributed by atoms with Gasteiger partial charge in [0.2, 0.25) is 11.9 Å². The van der Waals surface area contributed by atoms with E-state index in [1.54, 1.807) is 13.3 Å². The van der Waals surface area contributed by atoms with Crippen molar-refractivity contribution in [3.8, 4) is 5.75 Å². The number of hydrogen-bond acceptors (Lipinski definition) is 6. The van der Waals surface area contributed by atoms with Crippen LogP contribution in [0.2, 0.25) is 0 Å². The molecule has 2 rings (SSSR count). The fourth-order valence-electron chi connectivity index (χ4n) is 2.13. The van der Waals surface area contributed by atoms with Crippen molar-refractivity contribution in [1.29, 1.82) is 0 Å². The molecule has 0 unspecified atom stereocenters. The van der Waals surface area contributed by atoms with Gasteiger partial charge in [-0.15, -0.1) is 0 Å². The maximum Gasteiger partial charge on any atom is 0.228 e. The Balaban J connectivity index is 2.12. The second-order valence-electron chi connectivity index (χ2n) is 5.77. The van der Waals surface area contributed by atoms with Gasteiger partial charge < -0.3 is 19.9 Å². The van der Waals surface area contributed by atoms with E-state index < -0.39 is 0 Å². The number of aromatic nitrogens is 2. The van der Waals surface area contributed by atoms with Gasteiger partial charge in [-0.1, -0.05) is 12.1 Å². The number of nitrogens with zero attached hydrogens (tertiary/aromatic N) is 4. The van der Waals surface area contributed by atoms with E-state index in [4.69, 9.17) is 4.74 Å². The lowest BCUT2D eigenvalue weighted by Gasteiger charge is -2.19. The molecule has 1 heterocycles. The van der Waals surface area contributed by atoms with Crippen LogP contribution in [0.5, 0.6) is 5.75 Å². The molecule has 24 heavy (non-hydrogen) atoms. The van der Waals surface area contributed by atoms with E-state index in [2.05, 4.69) is 15.3 Å². The summed E-state index contributed by atoms with van der Waals surface area (Å²) in [5, 5.41) is 2.88. The largest absolute Gasteiger partial charge is 0.497 e. The lowest BCUT2D eigenvalue weighted by atomic mass is 10.1. The number of carbonyl (C=O) groups is 1. The Morgan fingerprint density at radius 1 is 1.12 bits per heavy atom. The average molecular weight is 329 g/mol. The number of anilines is 3. The summed E-state index contributed by atoms with van der Waals surface area (Å²) < 4.78 is 5.12. The molecule has 0 aliphatic rings. The van der Waals surface area contributed by atoms with Crippen molar-refractivity contribution in [3.63, 3.8) is 0 Å². The summed E-state index contributed by atoms with van der Waals surface area (Å²) in [4.78, 5) is 24.7. The van der Waals surface area contributed by atoms with Crippen LogP contribution in [0.3, 0.4) is 0 Å². The van der Waals surface area contributed by atoms with Crippen molar-refractivity contribution in [2.45, 2.75) is 6.42 Å². The monoisotopic (exact) mass is 329 g/mol. The zero-order valence-electron chi connectivity index (χ0n) is 14.7. The molecule has 0 radical (unpaired) electrons. The number of hydrogen-bond donors (Lipinski definition) is 1. The topological polar surface area (TPSA) is 70.6 Å². The Kier molecular flexibility index (Phi) is 5.57. The van der Waals surface area contributed by atoms with Crippen LogP contribution in [0.1, 0.15) is 5.56 Å². The zero-order valence-corrected chi connectivity index (χ0v) is 14.7. The van der Waals surface area contributed by atoms with Crippen molar-refractivity contribution in [3.05, 3.63) is 36.0 Å². The highest BCUT2D eigenvalue weighted by Crippen LogP contribution is 2.23. The standard InChI is InChI=1S/C17H23N5O2/c1-21(2)16-14(11-18-17(20-16)22(3)4)19-15(23)10-12-6-8-13(24-5)9-7-12/h6-9,11H,10H2,1-5H3,(H,19,23). The van der Waals surface area contributed by atoms with Gasteiger partial charge in [0, 0.05) is 28.2 Å². The summed E-state index contributed by atoms with van der Waals surface area (Å²) >= 11 is 0. The third-order valence-electron chi connectivity index (χ3n) is 3.38. The molecule has 1 aromatic heterocycles. The lowest BCUT2D eigenvalue weighted by molar-refractivity contribution is -0.115. The molecule has 0 aliphatic heterocycles. The van der Waals surface area contributed by atoms with Gasteiger partial charge in [0.05, 0.1) is 19.7 Å². The quantitative estimate of drug-likeness (QED) is 0.871. The Morgan fingerprint density at radius 3 is 2.33 bits per heavy atom. The van der Waals surface area contributed by atoms with E-state index >= 15 is 0 Å². The van der Waals surface area contributed by atoms with Crippen LogP contribution < -0.4 is 19.9 Å². The molecule has 0 aliphatic carbocycles.